The Labute approximate surface area is 90.7 Å². The molecule has 78 valence electrons. The monoisotopic (exact) mass is 227 g/mol. The molecule has 0 atom stereocenters. The van der Waals surface area contributed by atoms with Crippen molar-refractivity contribution in [3.05, 3.63) is 28.5 Å². The van der Waals surface area contributed by atoms with Crippen LogP contribution >= 0.6 is 11.6 Å². The summed E-state index contributed by atoms with van der Waals surface area (Å²) in [7, 11) is 0. The van der Waals surface area contributed by atoms with Crippen molar-refractivity contribution in [2.75, 3.05) is 0 Å². The number of hydrogen-bond donors (Lipinski definition) is 2. The lowest BCUT2D eigenvalue weighted by atomic mass is 10.2. The highest BCUT2D eigenvalue weighted by atomic mass is 35.5. The molecular formula is C10H7ClFNO2. The fourth-order valence-corrected chi connectivity index (χ4v) is 1.09. The third-order valence-electron chi connectivity index (χ3n) is 1.51. The minimum atomic E-state index is -0.610. The van der Waals surface area contributed by atoms with Crippen LogP contribution in [-0.2, 0) is 4.79 Å². The molecule has 3 N–H and O–H groups in total. The van der Waals surface area contributed by atoms with Crippen LogP contribution in [0.3, 0.4) is 0 Å². The standard InChI is InChI=1S/C10H7ClFNO2/c11-8-5-7(12)4-6(10(8)15)2-1-3-9(13)14/h4-5,15H,3H2,(H2,13,14). The fraction of sp³-hybridized carbons (Fsp3) is 0.100. The zero-order valence-electron chi connectivity index (χ0n) is 7.55. The third-order valence-corrected chi connectivity index (χ3v) is 1.80. The summed E-state index contributed by atoms with van der Waals surface area (Å²) in [4.78, 5) is 10.4. The van der Waals surface area contributed by atoms with Gasteiger partial charge in [0.15, 0.2) is 0 Å². The molecule has 0 unspecified atom stereocenters. The largest absolute Gasteiger partial charge is 0.505 e. The molecule has 15 heavy (non-hydrogen) atoms. The van der Waals surface area contributed by atoms with Gasteiger partial charge in [-0.15, -0.1) is 0 Å². The second kappa shape index (κ2) is 4.67. The van der Waals surface area contributed by atoms with E-state index in [0.717, 1.165) is 12.1 Å². The van der Waals surface area contributed by atoms with Crippen LogP contribution in [0.1, 0.15) is 12.0 Å². The molecule has 0 heterocycles. The average molecular weight is 228 g/mol. The number of phenolic OH excluding ortho intramolecular Hbond substituents is 1. The molecule has 0 aliphatic rings. The van der Waals surface area contributed by atoms with Crippen molar-refractivity contribution in [1.82, 2.24) is 0 Å². The normalized spacial score (nSPS) is 9.20. The molecule has 0 aliphatic heterocycles. The molecule has 1 aromatic carbocycles. The quantitative estimate of drug-likeness (QED) is 0.713. The summed E-state index contributed by atoms with van der Waals surface area (Å²) >= 11 is 5.51. The molecule has 0 saturated heterocycles. The number of primary amides is 1. The number of carbonyl (C=O) groups excluding carboxylic acids is 1. The summed E-state index contributed by atoms with van der Waals surface area (Å²) in [6.07, 6.45) is -0.159. The molecule has 0 saturated carbocycles. The van der Waals surface area contributed by atoms with Gasteiger partial charge in [0.2, 0.25) is 5.91 Å². The first-order valence-corrected chi connectivity index (χ1v) is 4.33. The lowest BCUT2D eigenvalue weighted by Gasteiger charge is -1.99. The summed E-state index contributed by atoms with van der Waals surface area (Å²) in [6.45, 7) is 0. The first-order valence-electron chi connectivity index (χ1n) is 3.96. The van der Waals surface area contributed by atoms with Crippen molar-refractivity contribution >= 4 is 17.5 Å². The Bertz CT molecular complexity index is 462. The maximum atomic E-state index is 12.8. The number of aromatic hydroxyl groups is 1. The van der Waals surface area contributed by atoms with E-state index in [-0.39, 0.29) is 22.8 Å². The van der Waals surface area contributed by atoms with Crippen LogP contribution in [0.4, 0.5) is 4.39 Å². The topological polar surface area (TPSA) is 63.3 Å². The van der Waals surface area contributed by atoms with Gasteiger partial charge in [0, 0.05) is 0 Å². The zero-order chi connectivity index (χ0) is 11.4. The lowest BCUT2D eigenvalue weighted by Crippen LogP contribution is -2.08. The van der Waals surface area contributed by atoms with Gasteiger partial charge in [0.05, 0.1) is 17.0 Å². The Balaban J connectivity index is 3.02. The summed E-state index contributed by atoms with van der Waals surface area (Å²) in [5, 5.41) is 9.24. The fourth-order valence-electron chi connectivity index (χ4n) is 0.888. The predicted octanol–water partition coefficient (Wildman–Crippen LogP) is 1.41. The highest BCUT2D eigenvalue weighted by molar-refractivity contribution is 6.32. The molecule has 0 spiro atoms. The van der Waals surface area contributed by atoms with E-state index in [4.69, 9.17) is 17.3 Å². The van der Waals surface area contributed by atoms with Crippen LogP contribution in [0.15, 0.2) is 12.1 Å². The van der Waals surface area contributed by atoms with E-state index >= 15 is 0 Å². The summed E-state index contributed by atoms with van der Waals surface area (Å²) in [5.41, 5.74) is 4.88. The van der Waals surface area contributed by atoms with Crippen LogP contribution in [-0.4, -0.2) is 11.0 Å². The third kappa shape index (κ3) is 3.15. The maximum Gasteiger partial charge on any atom is 0.229 e. The molecule has 1 amide bonds. The van der Waals surface area contributed by atoms with Gasteiger partial charge in [-0.05, 0) is 12.1 Å². The van der Waals surface area contributed by atoms with Gasteiger partial charge in [-0.1, -0.05) is 23.4 Å². The van der Waals surface area contributed by atoms with Crippen molar-refractivity contribution in [3.8, 4) is 17.6 Å². The maximum absolute atomic E-state index is 12.8. The van der Waals surface area contributed by atoms with Crippen molar-refractivity contribution in [2.24, 2.45) is 5.73 Å². The van der Waals surface area contributed by atoms with Gasteiger partial charge in [0.25, 0.3) is 0 Å². The van der Waals surface area contributed by atoms with Crippen molar-refractivity contribution < 1.29 is 14.3 Å². The second-order valence-electron chi connectivity index (χ2n) is 2.73. The molecule has 1 aromatic rings. The first kappa shape index (κ1) is 11.3. The Morgan fingerprint density at radius 2 is 2.27 bits per heavy atom. The van der Waals surface area contributed by atoms with Gasteiger partial charge in [-0.2, -0.15) is 0 Å². The van der Waals surface area contributed by atoms with Gasteiger partial charge in [-0.3, -0.25) is 4.79 Å². The van der Waals surface area contributed by atoms with E-state index < -0.39 is 11.7 Å². The van der Waals surface area contributed by atoms with Crippen molar-refractivity contribution in [2.45, 2.75) is 6.42 Å². The highest BCUT2D eigenvalue weighted by Gasteiger charge is 2.06. The number of rotatable bonds is 1. The molecule has 5 heteroatoms. The Morgan fingerprint density at radius 1 is 1.60 bits per heavy atom. The van der Waals surface area contributed by atoms with E-state index in [0.29, 0.717) is 0 Å². The highest BCUT2D eigenvalue weighted by Crippen LogP contribution is 2.27. The summed E-state index contributed by atoms with van der Waals surface area (Å²) in [5.74, 6) is 3.27. The molecule has 0 fully saturated rings. The van der Waals surface area contributed by atoms with E-state index in [9.17, 15) is 14.3 Å². The first-order chi connectivity index (χ1) is 7.00. The van der Waals surface area contributed by atoms with Gasteiger partial charge in [-0.25, -0.2) is 4.39 Å². The molecule has 0 aromatic heterocycles. The summed E-state index contributed by atoms with van der Waals surface area (Å²) < 4.78 is 12.8. The number of phenols is 1. The number of carbonyl (C=O) groups is 1. The number of nitrogens with two attached hydrogens (primary N) is 1. The van der Waals surface area contributed by atoms with Crippen LogP contribution in [0.5, 0.6) is 5.75 Å². The molecule has 1 rings (SSSR count). The van der Waals surface area contributed by atoms with E-state index in [1.165, 1.54) is 0 Å². The van der Waals surface area contributed by atoms with Gasteiger partial charge in [0.1, 0.15) is 11.6 Å². The molecule has 0 aliphatic carbocycles. The molecule has 3 nitrogen and oxygen atoms in total. The SMILES string of the molecule is NC(=O)CC#Cc1cc(F)cc(Cl)c1O. The van der Waals surface area contributed by atoms with E-state index in [2.05, 4.69) is 11.8 Å². The van der Waals surface area contributed by atoms with Crippen LogP contribution in [0, 0.1) is 17.7 Å². The zero-order valence-corrected chi connectivity index (χ0v) is 8.31. The predicted molar refractivity (Wildman–Crippen MR) is 53.8 cm³/mol. The van der Waals surface area contributed by atoms with Crippen molar-refractivity contribution in [3.63, 3.8) is 0 Å². The molecule has 0 radical (unpaired) electrons. The Hall–Kier alpha value is -1.73. The van der Waals surface area contributed by atoms with Gasteiger partial charge < -0.3 is 10.8 Å². The second-order valence-corrected chi connectivity index (χ2v) is 3.14. The number of halogens is 2. The molecule has 0 bridgehead atoms. The van der Waals surface area contributed by atoms with Gasteiger partial charge >= 0.3 is 0 Å². The minimum absolute atomic E-state index is 0.0289. The Morgan fingerprint density at radius 3 is 2.87 bits per heavy atom. The van der Waals surface area contributed by atoms with Crippen molar-refractivity contribution in [1.29, 1.82) is 0 Å². The smallest absolute Gasteiger partial charge is 0.229 e. The average Bonchev–Trinajstić information content (AvgIpc) is 2.12. The number of benzene rings is 1. The van der Waals surface area contributed by atoms with E-state index in [1.807, 2.05) is 0 Å². The minimum Gasteiger partial charge on any atom is -0.505 e. The number of amides is 1. The Kier molecular flexibility index (Phi) is 3.53. The van der Waals surface area contributed by atoms with E-state index in [1.54, 1.807) is 0 Å². The number of hydrogen-bond acceptors (Lipinski definition) is 2. The lowest BCUT2D eigenvalue weighted by molar-refractivity contribution is -0.117. The van der Waals surface area contributed by atoms with Crippen LogP contribution in [0.2, 0.25) is 5.02 Å². The van der Waals surface area contributed by atoms with Crippen LogP contribution < -0.4 is 5.73 Å². The summed E-state index contributed by atoms with van der Waals surface area (Å²) in [6, 6.07) is 1.99. The van der Waals surface area contributed by atoms with Crippen LogP contribution in [0.25, 0.3) is 0 Å². The molecular weight excluding hydrogens is 221 g/mol.